The van der Waals surface area contributed by atoms with Gasteiger partial charge in [0.15, 0.2) is 29.2 Å². The van der Waals surface area contributed by atoms with Crippen molar-refractivity contribution in [1.29, 1.82) is 0 Å². The van der Waals surface area contributed by atoms with Crippen molar-refractivity contribution < 1.29 is 52.0 Å². The Labute approximate surface area is 484 Å². The van der Waals surface area contributed by atoms with Crippen molar-refractivity contribution in [3.63, 3.8) is 0 Å². The summed E-state index contributed by atoms with van der Waals surface area (Å²) < 4.78 is 47.7. The monoisotopic (exact) mass is 1360 g/mol. The number of hydrogen-bond donors (Lipinski definition) is 1. The molecule has 4 rings (SSSR count). The maximum atomic E-state index is 12.0. The predicted molar refractivity (Wildman–Crippen MR) is 371 cm³/mol. The Morgan fingerprint density at radius 3 is 1.36 bits per heavy atom. The van der Waals surface area contributed by atoms with Crippen LogP contribution in [0.15, 0.2) is 73.3 Å². The van der Waals surface area contributed by atoms with Crippen LogP contribution in [0.4, 0.5) is 0 Å². The second-order valence-electron chi connectivity index (χ2n) is 21.5. The van der Waals surface area contributed by atoms with Crippen LogP contribution in [0.3, 0.4) is 0 Å². The van der Waals surface area contributed by atoms with Crippen LogP contribution in [-0.4, -0.2) is 90.1 Å². The standard InChI is InChI=1S/C24H38O5Si.C23H38O6Si.H10P8.H9P7/c1-9-20-24(5,28-22(27-20)18-13-11-10-12-14-18)16-15-19(17-21(25)26-6)29-30(7,8)23(2,3)4;1-22(2,3)30(6,7)29-18(15-20(25)26-5)13-14-23(4)19(16-24)27-21(28-23)17-11-9-8-10-12-17;1-6(2)8(5)7(3)4;1-5-7(4)6(2)3/h9-14,19-20,22H,1,15-17H2,2-8H3;8-12,18-19,21,24H,13-16H2,1-7H3;1-5H2;5H,1-4H2/t19-,20-,22-,24+;18-,19-,21-,23+;;/m00../s1. The third-order valence-corrected chi connectivity index (χ3v) is 91.1. The van der Waals surface area contributed by atoms with Crippen molar-refractivity contribution in [3.05, 3.63) is 84.4 Å². The number of rotatable bonds is 22. The van der Waals surface area contributed by atoms with Gasteiger partial charge in [-0.05, 0) is 111 Å². The lowest BCUT2D eigenvalue weighted by molar-refractivity contribution is -0.144. The smallest absolute Gasteiger partial charge is 0.308 e. The lowest BCUT2D eigenvalue weighted by Gasteiger charge is -2.40. The van der Waals surface area contributed by atoms with Crippen LogP contribution in [0.25, 0.3) is 0 Å². The molecule has 19 atom stereocenters. The van der Waals surface area contributed by atoms with Crippen molar-refractivity contribution in [2.75, 3.05) is 20.8 Å². The quantitative estimate of drug-likeness (QED) is 0.0524. The number of hydrogen-bond acceptors (Lipinski definition) is 11. The van der Waals surface area contributed by atoms with Gasteiger partial charge in [-0.25, -0.2) is 0 Å². The van der Waals surface area contributed by atoms with E-state index >= 15 is 0 Å². The lowest BCUT2D eigenvalue weighted by atomic mass is 9.91. The molecule has 2 fully saturated rings. The van der Waals surface area contributed by atoms with Crippen molar-refractivity contribution in [2.24, 2.45) is 0 Å². The second-order valence-corrected chi connectivity index (χ2v) is 81.3. The van der Waals surface area contributed by atoms with Gasteiger partial charge in [0.2, 0.25) is 0 Å². The van der Waals surface area contributed by atoms with E-state index in [1.54, 1.807) is 6.08 Å². The summed E-state index contributed by atoms with van der Waals surface area (Å²) in [5, 5.41) is 9.99. The van der Waals surface area contributed by atoms with E-state index in [0.29, 0.717) is 25.7 Å². The van der Waals surface area contributed by atoms with Gasteiger partial charge in [-0.2, -0.15) is 0 Å². The number of aliphatic hydroxyl groups is 1. The lowest BCUT2D eigenvalue weighted by Crippen LogP contribution is -2.45. The molecular weight excluding hydrogens is 1260 g/mol. The molecule has 0 aromatic heterocycles. The molecule has 2 aliphatic heterocycles. The Hall–Kier alpha value is 3.72. The van der Waals surface area contributed by atoms with Gasteiger partial charge in [-0.15, -0.1) is 86.9 Å². The van der Waals surface area contributed by atoms with Gasteiger partial charge in [-0.3, -0.25) is 9.59 Å². The summed E-state index contributed by atoms with van der Waals surface area (Å²) in [6, 6.07) is 19.6. The van der Waals surface area contributed by atoms with Crippen LogP contribution in [-0.2, 0) is 46.9 Å². The van der Waals surface area contributed by atoms with E-state index in [0.717, 1.165) is 19.1 Å². The highest BCUT2D eigenvalue weighted by atomic mass is 33.1. The van der Waals surface area contributed by atoms with Crippen molar-refractivity contribution in [3.8, 4) is 0 Å². The van der Waals surface area contributed by atoms with Gasteiger partial charge >= 0.3 is 11.9 Å². The van der Waals surface area contributed by atoms with Gasteiger partial charge in [0.1, 0.15) is 12.2 Å². The molecule has 11 nitrogen and oxygen atoms in total. The first-order valence-electron chi connectivity index (χ1n) is 24.5. The Morgan fingerprint density at radius 2 is 1.07 bits per heavy atom. The molecule has 2 aliphatic rings. The number of benzene rings is 2. The second kappa shape index (κ2) is 36.7. The van der Waals surface area contributed by atoms with E-state index in [9.17, 15) is 14.7 Å². The summed E-state index contributed by atoms with van der Waals surface area (Å²) in [4.78, 5) is 24.0. The highest BCUT2D eigenvalue weighted by molar-refractivity contribution is 9.06. The first kappa shape index (κ1) is 76.7. The first-order valence-corrected chi connectivity index (χ1v) is 55.7. The third kappa shape index (κ3) is 27.3. The fraction of sp³-hybridized carbons (Fsp3) is 0.660. The number of aliphatic hydroxyl groups excluding tert-OH is 1. The number of esters is 2. The summed E-state index contributed by atoms with van der Waals surface area (Å²) >= 11 is 0. The average molecular weight is 1360 g/mol. The predicted octanol–water partition coefficient (Wildman–Crippen LogP) is 18.2. The fourth-order valence-electron chi connectivity index (χ4n) is 6.95. The fourth-order valence-corrected chi connectivity index (χ4v) is 54.7. The van der Waals surface area contributed by atoms with Gasteiger partial charge in [-0.1, -0.05) is 116 Å². The molecule has 2 saturated heterocycles. The number of ether oxygens (including phenoxy) is 6. The largest absolute Gasteiger partial charge is 0.469 e. The molecule has 0 amide bonds. The molecule has 1 N–H and O–H groups in total. The van der Waals surface area contributed by atoms with E-state index in [1.807, 2.05) is 74.5 Å². The molecule has 2 heterocycles. The van der Waals surface area contributed by atoms with E-state index in [-0.39, 0.29) is 94.7 Å². The Balaban J connectivity index is 0.000000589. The molecule has 2 aromatic rings. The molecule has 2 aromatic carbocycles. The topological polar surface area (TPSA) is 128 Å². The van der Waals surface area contributed by atoms with Crippen molar-refractivity contribution in [1.82, 2.24) is 0 Å². The summed E-state index contributed by atoms with van der Waals surface area (Å²) in [5.41, 5.74) is 0.674. The maximum Gasteiger partial charge on any atom is 0.308 e. The van der Waals surface area contributed by atoms with Crippen LogP contribution in [0.2, 0.25) is 36.3 Å². The van der Waals surface area contributed by atoms with Crippen LogP contribution in [0, 0.1) is 0 Å². The third-order valence-electron chi connectivity index (χ3n) is 13.7. The van der Waals surface area contributed by atoms with Gasteiger partial charge in [0.05, 0.1) is 57.1 Å². The van der Waals surface area contributed by atoms with Gasteiger partial charge < -0.3 is 42.4 Å². The molecule has 75 heavy (non-hydrogen) atoms. The van der Waals surface area contributed by atoms with Gasteiger partial charge in [0.25, 0.3) is 0 Å². The maximum absolute atomic E-state index is 12.0. The molecule has 0 spiro atoms. The molecule has 0 radical (unpaired) electrons. The van der Waals surface area contributed by atoms with Crippen molar-refractivity contribution >= 4 is 152 Å². The Morgan fingerprint density at radius 1 is 0.693 bits per heavy atom. The van der Waals surface area contributed by atoms with Crippen LogP contribution in [0.5, 0.6) is 0 Å². The minimum absolute atomic E-state index is 0.0320. The molecule has 11 unspecified atom stereocenters. The zero-order chi connectivity index (χ0) is 57.8. The van der Waals surface area contributed by atoms with Crippen LogP contribution >= 0.6 is 123 Å². The Kier molecular flexibility index (Phi) is 37.5. The van der Waals surface area contributed by atoms with Crippen LogP contribution < -0.4 is 0 Å². The van der Waals surface area contributed by atoms with Crippen molar-refractivity contribution in [2.45, 2.75) is 178 Å². The van der Waals surface area contributed by atoms with Crippen LogP contribution in [0.1, 0.15) is 118 Å². The highest BCUT2D eigenvalue weighted by Gasteiger charge is 2.49. The molecule has 0 saturated carbocycles. The van der Waals surface area contributed by atoms with E-state index < -0.39 is 46.5 Å². The van der Waals surface area contributed by atoms with E-state index in [2.05, 4.69) is 155 Å². The highest BCUT2D eigenvalue weighted by Crippen LogP contribution is 3.00. The Bertz CT molecular complexity index is 1950. The summed E-state index contributed by atoms with van der Waals surface area (Å²) in [6.07, 6.45) is 2.67. The minimum atomic E-state index is -2.07. The zero-order valence-electron chi connectivity index (χ0n) is 46.9. The molecule has 432 valence electrons. The van der Waals surface area contributed by atoms with Gasteiger partial charge in [0, 0.05) is 11.1 Å². The molecule has 0 aliphatic carbocycles. The zero-order valence-corrected chi connectivity index (χ0v) is 64.8. The van der Waals surface area contributed by atoms with E-state index in [4.69, 9.17) is 37.3 Å². The number of methoxy groups -OCH3 is 2. The normalized spacial score (nSPS) is 23.5. The summed E-state index contributed by atoms with van der Waals surface area (Å²) in [7, 11) is 25.5. The first-order chi connectivity index (χ1) is 34.6. The van der Waals surface area contributed by atoms with E-state index in [1.165, 1.54) is 14.2 Å². The number of carbonyl (C=O) groups excluding carboxylic acids is 2. The molecule has 28 heteroatoms. The SMILES string of the molecule is C=C[C@@H]1O[C@H](c2ccccc2)O[C@]1(C)CC[C@@H](CC(=O)OC)O[Si](C)(C)C(C)(C)C.COC(=O)C[C@H](CC[C@@]1(C)O[C@@H](c2ccccc2)O[C@H]1CO)O[Si](C)(C)C(C)(C)C.PP(P)P(P)P(P)P.PPP(P)P(P)P. The number of carbonyl (C=O) groups is 2. The minimum Gasteiger partial charge on any atom is -0.469 e. The summed E-state index contributed by atoms with van der Waals surface area (Å²) in [5.74, 6) is -0.539. The molecular formula is C47H95O11P15Si2. The average Bonchev–Trinajstić information content (AvgIpc) is 3.87. The molecule has 0 bridgehead atoms. The summed E-state index contributed by atoms with van der Waals surface area (Å²) in [6.45, 7) is 30.6.